The summed E-state index contributed by atoms with van der Waals surface area (Å²) in [6.07, 6.45) is 0.288. The van der Waals surface area contributed by atoms with Crippen LogP contribution in [0, 0.1) is 10.1 Å². The number of hydrogen-bond acceptors (Lipinski definition) is 7. The Kier molecular flexibility index (Phi) is 10.2. The molecule has 3 rings (SSSR count). The smallest absolute Gasteiger partial charge is 0.269 e. The molecular weight excluding hydrogens is 536 g/mol. The normalized spacial score (nSPS) is 11.8. The van der Waals surface area contributed by atoms with E-state index in [1.54, 1.807) is 56.3 Å². The molecule has 0 spiro atoms. The van der Waals surface area contributed by atoms with Gasteiger partial charge in [-0.2, -0.15) is 0 Å². The predicted molar refractivity (Wildman–Crippen MR) is 150 cm³/mol. The molecule has 0 heterocycles. The Labute approximate surface area is 233 Å². The van der Waals surface area contributed by atoms with Crippen molar-refractivity contribution in [2.75, 3.05) is 24.5 Å². The number of nitro groups is 1. The van der Waals surface area contributed by atoms with Gasteiger partial charge in [0.25, 0.3) is 15.7 Å². The fourth-order valence-corrected chi connectivity index (χ4v) is 5.56. The second-order valence-electron chi connectivity index (χ2n) is 8.79. The molecule has 1 atom stereocenters. The minimum atomic E-state index is -4.26. The lowest BCUT2D eigenvalue weighted by molar-refractivity contribution is -0.384. The van der Waals surface area contributed by atoms with Gasteiger partial charge in [-0.05, 0) is 55.3 Å². The van der Waals surface area contributed by atoms with E-state index in [1.807, 2.05) is 0 Å². The number of carbonyl (C=O) groups excluding carboxylic acids is 2. The van der Waals surface area contributed by atoms with Gasteiger partial charge in [0, 0.05) is 25.2 Å². The van der Waals surface area contributed by atoms with Crippen molar-refractivity contribution in [3.05, 3.63) is 94.5 Å². The van der Waals surface area contributed by atoms with E-state index in [0.717, 1.165) is 4.31 Å². The molecule has 0 unspecified atom stereocenters. The van der Waals surface area contributed by atoms with Crippen molar-refractivity contribution < 1.29 is 27.7 Å². The van der Waals surface area contributed by atoms with Crippen LogP contribution in [0.1, 0.15) is 25.8 Å². The summed E-state index contributed by atoms with van der Waals surface area (Å²) in [4.78, 5) is 38.8. The maximum absolute atomic E-state index is 13.9. The molecule has 0 saturated carbocycles. The van der Waals surface area contributed by atoms with Crippen molar-refractivity contribution in [2.24, 2.45) is 0 Å². The summed E-state index contributed by atoms with van der Waals surface area (Å²) in [7, 11) is -2.73. The Hall–Kier alpha value is -4.45. The zero-order valence-corrected chi connectivity index (χ0v) is 23.3. The number of rotatable bonds is 13. The van der Waals surface area contributed by atoms with Crippen molar-refractivity contribution in [3.63, 3.8) is 0 Å². The number of methoxy groups -OCH3 is 1. The van der Waals surface area contributed by atoms with Crippen LogP contribution < -0.4 is 14.4 Å². The molecule has 0 aliphatic carbocycles. The number of nitrogens with zero attached hydrogens (tertiary/aromatic N) is 3. The lowest BCUT2D eigenvalue weighted by atomic mass is 10.1. The molecule has 1 N–H and O–H groups in total. The minimum Gasteiger partial charge on any atom is -0.497 e. The number of likely N-dealkylation sites (N-methyl/N-ethyl adjacent to an activating group) is 1. The molecule has 0 aliphatic heterocycles. The van der Waals surface area contributed by atoms with Crippen LogP contribution in [0.15, 0.2) is 83.8 Å². The molecule has 0 bridgehead atoms. The van der Waals surface area contributed by atoms with Gasteiger partial charge in [0.05, 0.1) is 22.6 Å². The number of ether oxygens (including phenoxy) is 1. The molecule has 40 heavy (non-hydrogen) atoms. The van der Waals surface area contributed by atoms with Gasteiger partial charge in [-0.15, -0.1) is 0 Å². The number of nitrogens with one attached hydrogen (secondary N) is 1. The first kappa shape index (κ1) is 30.1. The van der Waals surface area contributed by atoms with E-state index >= 15 is 0 Å². The number of carbonyl (C=O) groups is 2. The Morgan fingerprint density at radius 3 is 2.12 bits per heavy atom. The fourth-order valence-electron chi connectivity index (χ4n) is 4.13. The van der Waals surface area contributed by atoms with Crippen LogP contribution in [0.4, 0.5) is 11.4 Å². The summed E-state index contributed by atoms with van der Waals surface area (Å²) < 4.78 is 33.6. The summed E-state index contributed by atoms with van der Waals surface area (Å²) >= 11 is 0. The van der Waals surface area contributed by atoms with E-state index in [1.165, 1.54) is 48.4 Å². The quantitative estimate of drug-likeness (QED) is 0.245. The van der Waals surface area contributed by atoms with Crippen LogP contribution in [-0.2, 0) is 26.2 Å². The van der Waals surface area contributed by atoms with Gasteiger partial charge in [-0.1, -0.05) is 37.3 Å². The van der Waals surface area contributed by atoms with E-state index in [2.05, 4.69) is 5.32 Å². The maximum atomic E-state index is 13.9. The molecule has 3 aromatic rings. The van der Waals surface area contributed by atoms with Crippen molar-refractivity contribution in [2.45, 2.75) is 37.8 Å². The van der Waals surface area contributed by atoms with Gasteiger partial charge in [-0.25, -0.2) is 8.42 Å². The molecule has 3 aromatic carbocycles. The molecule has 0 aliphatic rings. The summed E-state index contributed by atoms with van der Waals surface area (Å²) in [5.41, 5.74) is 0.554. The van der Waals surface area contributed by atoms with Crippen molar-refractivity contribution >= 4 is 33.2 Å². The number of anilines is 1. The third-order valence-corrected chi connectivity index (χ3v) is 8.00. The summed E-state index contributed by atoms with van der Waals surface area (Å²) in [5.74, 6) is -0.359. The van der Waals surface area contributed by atoms with Crippen LogP contribution in [0.2, 0.25) is 0 Å². The standard InChI is InChI=1S/C28H32N4O7S/c1-4-26(28(34)29-5-2)30(19-21-11-17-24(39-3)18-12-21)27(33)20-31(22-13-15-23(16-14-22)32(35)36)40(37,38)25-9-7-6-8-10-25/h6-18,26H,4-5,19-20H2,1-3H3,(H,29,34)/t26-/m0/s1. The number of sulfonamides is 1. The van der Waals surface area contributed by atoms with Crippen LogP contribution in [0.5, 0.6) is 5.75 Å². The number of benzene rings is 3. The SMILES string of the molecule is CCNC(=O)[C@H](CC)N(Cc1ccc(OC)cc1)C(=O)CN(c1ccc([N+](=O)[O-])cc1)S(=O)(=O)c1ccccc1. The van der Waals surface area contributed by atoms with Crippen molar-refractivity contribution in [1.82, 2.24) is 10.2 Å². The lowest BCUT2D eigenvalue weighted by Gasteiger charge is -2.33. The van der Waals surface area contributed by atoms with Gasteiger partial charge < -0.3 is 15.0 Å². The van der Waals surface area contributed by atoms with Crippen molar-refractivity contribution in [1.29, 1.82) is 0 Å². The zero-order chi connectivity index (χ0) is 29.3. The minimum absolute atomic E-state index is 0.0396. The molecule has 11 nitrogen and oxygen atoms in total. The highest BCUT2D eigenvalue weighted by Crippen LogP contribution is 2.27. The summed E-state index contributed by atoms with van der Waals surface area (Å²) in [5, 5.41) is 13.9. The molecule has 0 saturated heterocycles. The second-order valence-corrected chi connectivity index (χ2v) is 10.6. The van der Waals surface area contributed by atoms with Gasteiger partial charge >= 0.3 is 0 Å². The van der Waals surface area contributed by atoms with Crippen molar-refractivity contribution in [3.8, 4) is 5.75 Å². The highest BCUT2D eigenvalue weighted by Gasteiger charge is 2.33. The highest BCUT2D eigenvalue weighted by atomic mass is 32.2. The number of hydrogen-bond donors (Lipinski definition) is 1. The third kappa shape index (κ3) is 7.14. The second kappa shape index (κ2) is 13.6. The van der Waals surface area contributed by atoms with Crippen LogP contribution in [-0.4, -0.2) is 56.3 Å². The number of non-ortho nitro benzene ring substituents is 1. The lowest BCUT2D eigenvalue weighted by Crippen LogP contribution is -2.52. The van der Waals surface area contributed by atoms with Crippen LogP contribution in [0.3, 0.4) is 0 Å². The van der Waals surface area contributed by atoms with E-state index in [4.69, 9.17) is 4.74 Å². The van der Waals surface area contributed by atoms with Gasteiger partial charge in [0.1, 0.15) is 18.3 Å². The third-order valence-electron chi connectivity index (χ3n) is 6.21. The Balaban J connectivity index is 2.05. The molecule has 212 valence electrons. The molecule has 2 amide bonds. The molecular formula is C28H32N4O7S. The van der Waals surface area contributed by atoms with Crippen LogP contribution >= 0.6 is 0 Å². The van der Waals surface area contributed by atoms with Gasteiger partial charge in [0.15, 0.2) is 0 Å². The number of nitro benzene ring substituents is 1. The van der Waals surface area contributed by atoms with Crippen LogP contribution in [0.25, 0.3) is 0 Å². The summed E-state index contributed by atoms with van der Waals surface area (Å²) in [6.45, 7) is 3.29. The monoisotopic (exact) mass is 568 g/mol. The first-order valence-electron chi connectivity index (χ1n) is 12.6. The Morgan fingerprint density at radius 2 is 1.60 bits per heavy atom. The molecule has 0 aromatic heterocycles. The molecule has 0 fully saturated rings. The highest BCUT2D eigenvalue weighted by molar-refractivity contribution is 7.92. The van der Waals surface area contributed by atoms with Gasteiger partial charge in [-0.3, -0.25) is 24.0 Å². The number of amides is 2. The zero-order valence-electron chi connectivity index (χ0n) is 22.5. The largest absolute Gasteiger partial charge is 0.497 e. The van der Waals surface area contributed by atoms with E-state index < -0.39 is 33.4 Å². The fraction of sp³-hybridized carbons (Fsp3) is 0.286. The predicted octanol–water partition coefficient (Wildman–Crippen LogP) is 3.74. The maximum Gasteiger partial charge on any atom is 0.269 e. The average molecular weight is 569 g/mol. The van der Waals surface area contributed by atoms with E-state index in [0.29, 0.717) is 17.9 Å². The Bertz CT molecular complexity index is 1410. The topological polar surface area (TPSA) is 139 Å². The summed E-state index contributed by atoms with van der Waals surface area (Å²) in [6, 6.07) is 18.6. The first-order valence-corrected chi connectivity index (χ1v) is 14.1. The van der Waals surface area contributed by atoms with Gasteiger partial charge in [0.2, 0.25) is 11.8 Å². The first-order chi connectivity index (χ1) is 19.1. The average Bonchev–Trinajstić information content (AvgIpc) is 2.96. The molecule has 12 heteroatoms. The molecule has 0 radical (unpaired) electrons. The Morgan fingerprint density at radius 1 is 0.975 bits per heavy atom. The van der Waals surface area contributed by atoms with E-state index in [9.17, 15) is 28.1 Å². The van der Waals surface area contributed by atoms with E-state index in [-0.39, 0.29) is 35.1 Å².